The molecule has 0 saturated carbocycles. The molecule has 2 amide bonds. The third kappa shape index (κ3) is 6.37. The first kappa shape index (κ1) is 16.8. The summed E-state index contributed by atoms with van der Waals surface area (Å²) in [5, 5.41) is 10.4. The standard InChI is InChI=1S/C15H18N4O3S/c16-23(21,22)19-14-8-6-13(7-9-14)11-18-15(20)17-10-12-4-2-1-3-5-12/h1-9,19H,10-11H2,(H2,16,21,22)(H2,17,18,20). The van der Waals surface area contributed by atoms with Crippen LogP contribution in [0.1, 0.15) is 11.1 Å². The number of carbonyl (C=O) groups excluding carboxylic acids is 1. The summed E-state index contributed by atoms with van der Waals surface area (Å²) in [4.78, 5) is 11.7. The molecule has 0 spiro atoms. The summed E-state index contributed by atoms with van der Waals surface area (Å²) in [5.41, 5.74) is 2.21. The van der Waals surface area contributed by atoms with Crippen LogP contribution in [0.25, 0.3) is 0 Å². The predicted molar refractivity (Wildman–Crippen MR) is 88.7 cm³/mol. The van der Waals surface area contributed by atoms with E-state index >= 15 is 0 Å². The molecule has 0 saturated heterocycles. The van der Waals surface area contributed by atoms with Crippen LogP contribution in [0.2, 0.25) is 0 Å². The Labute approximate surface area is 135 Å². The van der Waals surface area contributed by atoms with Crippen LogP contribution < -0.4 is 20.5 Å². The van der Waals surface area contributed by atoms with Crippen LogP contribution in [0.3, 0.4) is 0 Å². The molecule has 5 N–H and O–H groups in total. The maximum absolute atomic E-state index is 11.7. The normalized spacial score (nSPS) is 10.8. The third-order valence-corrected chi connectivity index (χ3v) is 3.48. The first-order valence-corrected chi connectivity index (χ1v) is 8.42. The number of hydrogen-bond acceptors (Lipinski definition) is 3. The highest BCUT2D eigenvalue weighted by molar-refractivity contribution is 7.90. The van der Waals surface area contributed by atoms with Crippen LogP contribution in [-0.4, -0.2) is 14.4 Å². The number of rotatable bonds is 6. The van der Waals surface area contributed by atoms with Gasteiger partial charge >= 0.3 is 6.03 Å². The molecule has 8 heteroatoms. The number of carbonyl (C=O) groups is 1. The fraction of sp³-hybridized carbons (Fsp3) is 0.133. The van der Waals surface area contributed by atoms with Gasteiger partial charge in [0.05, 0.1) is 0 Å². The van der Waals surface area contributed by atoms with Gasteiger partial charge in [-0.15, -0.1) is 0 Å². The van der Waals surface area contributed by atoms with E-state index in [1.54, 1.807) is 24.3 Å². The summed E-state index contributed by atoms with van der Waals surface area (Å²) in [7, 11) is -3.78. The van der Waals surface area contributed by atoms with Crippen molar-refractivity contribution in [1.82, 2.24) is 10.6 Å². The molecule has 7 nitrogen and oxygen atoms in total. The van der Waals surface area contributed by atoms with Crippen molar-refractivity contribution in [3.05, 3.63) is 65.7 Å². The lowest BCUT2D eigenvalue weighted by molar-refractivity contribution is 0.240. The summed E-state index contributed by atoms with van der Waals surface area (Å²) >= 11 is 0. The Balaban J connectivity index is 1.78. The quantitative estimate of drug-likeness (QED) is 0.638. The summed E-state index contributed by atoms with van der Waals surface area (Å²) in [5.74, 6) is 0. The second-order valence-corrected chi connectivity index (χ2v) is 6.16. The molecular formula is C15H18N4O3S. The lowest BCUT2D eigenvalue weighted by atomic mass is 10.2. The highest BCUT2D eigenvalue weighted by atomic mass is 32.2. The van der Waals surface area contributed by atoms with Crippen LogP contribution in [-0.2, 0) is 23.3 Å². The number of benzene rings is 2. The van der Waals surface area contributed by atoms with E-state index in [2.05, 4.69) is 15.4 Å². The van der Waals surface area contributed by atoms with E-state index in [4.69, 9.17) is 5.14 Å². The fourth-order valence-electron chi connectivity index (χ4n) is 1.88. The van der Waals surface area contributed by atoms with Crippen LogP contribution >= 0.6 is 0 Å². The van der Waals surface area contributed by atoms with Crippen molar-refractivity contribution >= 4 is 21.9 Å². The first-order chi connectivity index (χ1) is 10.9. The van der Waals surface area contributed by atoms with E-state index < -0.39 is 10.2 Å². The zero-order valence-electron chi connectivity index (χ0n) is 12.3. The molecule has 0 atom stereocenters. The number of urea groups is 1. The van der Waals surface area contributed by atoms with Gasteiger partial charge in [0.15, 0.2) is 0 Å². The van der Waals surface area contributed by atoms with Gasteiger partial charge < -0.3 is 10.6 Å². The van der Waals surface area contributed by atoms with Crippen molar-refractivity contribution in [2.75, 3.05) is 4.72 Å². The minimum Gasteiger partial charge on any atom is -0.334 e. The number of amides is 2. The molecule has 0 aliphatic carbocycles. The van der Waals surface area contributed by atoms with E-state index in [0.29, 0.717) is 18.8 Å². The first-order valence-electron chi connectivity index (χ1n) is 6.87. The van der Waals surface area contributed by atoms with Gasteiger partial charge in [-0.3, -0.25) is 4.72 Å². The molecule has 2 rings (SSSR count). The Hall–Kier alpha value is -2.58. The van der Waals surface area contributed by atoms with Gasteiger partial charge in [-0.25, -0.2) is 9.93 Å². The van der Waals surface area contributed by atoms with E-state index in [-0.39, 0.29) is 6.03 Å². The van der Waals surface area contributed by atoms with Crippen LogP contribution in [0.4, 0.5) is 10.5 Å². The number of hydrogen-bond donors (Lipinski definition) is 4. The summed E-state index contributed by atoms with van der Waals surface area (Å²) < 4.78 is 23.9. The lowest BCUT2D eigenvalue weighted by Gasteiger charge is -2.09. The molecule has 0 aliphatic heterocycles. The highest BCUT2D eigenvalue weighted by Crippen LogP contribution is 2.10. The fourth-order valence-corrected chi connectivity index (χ4v) is 2.34. The number of nitrogens with two attached hydrogens (primary N) is 1. The van der Waals surface area contributed by atoms with E-state index in [0.717, 1.165) is 11.1 Å². The molecule has 0 bridgehead atoms. The molecule has 0 fully saturated rings. The monoisotopic (exact) mass is 334 g/mol. The van der Waals surface area contributed by atoms with Crippen LogP contribution in [0.5, 0.6) is 0 Å². The van der Waals surface area contributed by atoms with Crippen LogP contribution in [0, 0.1) is 0 Å². The molecule has 23 heavy (non-hydrogen) atoms. The Morgan fingerprint density at radius 3 is 1.91 bits per heavy atom. The molecule has 122 valence electrons. The maximum Gasteiger partial charge on any atom is 0.315 e. The average molecular weight is 334 g/mol. The molecule has 0 radical (unpaired) electrons. The zero-order valence-corrected chi connectivity index (χ0v) is 13.1. The number of anilines is 1. The minimum atomic E-state index is -3.78. The van der Waals surface area contributed by atoms with Gasteiger partial charge in [0.2, 0.25) is 0 Å². The molecule has 0 aliphatic rings. The Morgan fingerprint density at radius 1 is 0.870 bits per heavy atom. The van der Waals surface area contributed by atoms with E-state index in [9.17, 15) is 13.2 Å². The summed E-state index contributed by atoms with van der Waals surface area (Å²) in [6.07, 6.45) is 0. The van der Waals surface area contributed by atoms with Crippen molar-refractivity contribution in [1.29, 1.82) is 0 Å². The Bertz CT molecular complexity index is 746. The van der Waals surface area contributed by atoms with Gasteiger partial charge in [-0.2, -0.15) is 8.42 Å². The molecule has 2 aromatic rings. The highest BCUT2D eigenvalue weighted by Gasteiger charge is 2.03. The van der Waals surface area contributed by atoms with Crippen molar-refractivity contribution in [3.63, 3.8) is 0 Å². The smallest absolute Gasteiger partial charge is 0.315 e. The molecule has 0 heterocycles. The van der Waals surface area contributed by atoms with Crippen molar-refractivity contribution in [2.24, 2.45) is 5.14 Å². The zero-order chi connectivity index (χ0) is 16.7. The predicted octanol–water partition coefficient (Wildman–Crippen LogP) is 1.30. The Kier molecular flexibility index (Phi) is 5.56. The number of nitrogens with one attached hydrogen (secondary N) is 3. The molecule has 0 unspecified atom stereocenters. The minimum absolute atomic E-state index is 0.277. The largest absolute Gasteiger partial charge is 0.334 e. The van der Waals surface area contributed by atoms with Gasteiger partial charge in [-0.1, -0.05) is 42.5 Å². The maximum atomic E-state index is 11.7. The summed E-state index contributed by atoms with van der Waals surface area (Å²) in [6.45, 7) is 0.778. The van der Waals surface area contributed by atoms with E-state index in [1.165, 1.54) is 0 Å². The SMILES string of the molecule is NS(=O)(=O)Nc1ccc(CNC(=O)NCc2ccccc2)cc1. The molecule has 2 aromatic carbocycles. The average Bonchev–Trinajstić information content (AvgIpc) is 2.52. The molecular weight excluding hydrogens is 316 g/mol. The van der Waals surface area contributed by atoms with Crippen molar-refractivity contribution < 1.29 is 13.2 Å². The second kappa shape index (κ2) is 7.61. The van der Waals surface area contributed by atoms with Crippen LogP contribution in [0.15, 0.2) is 54.6 Å². The van der Waals surface area contributed by atoms with Gasteiger partial charge in [0, 0.05) is 18.8 Å². The van der Waals surface area contributed by atoms with Crippen molar-refractivity contribution in [2.45, 2.75) is 13.1 Å². The second-order valence-electron chi connectivity index (χ2n) is 4.87. The van der Waals surface area contributed by atoms with Gasteiger partial charge in [-0.05, 0) is 23.3 Å². The lowest BCUT2D eigenvalue weighted by Crippen LogP contribution is -2.34. The third-order valence-electron chi connectivity index (χ3n) is 2.96. The van der Waals surface area contributed by atoms with Crippen molar-refractivity contribution in [3.8, 4) is 0 Å². The van der Waals surface area contributed by atoms with Gasteiger partial charge in [0.1, 0.15) is 0 Å². The van der Waals surface area contributed by atoms with E-state index in [1.807, 2.05) is 30.3 Å². The molecule has 0 aromatic heterocycles. The Morgan fingerprint density at radius 2 is 1.39 bits per heavy atom. The van der Waals surface area contributed by atoms with Gasteiger partial charge in [0.25, 0.3) is 10.2 Å². The summed E-state index contributed by atoms with van der Waals surface area (Å²) in [6, 6.07) is 15.9. The topological polar surface area (TPSA) is 113 Å².